The molecule has 1 amide bonds. The number of hydrogen-bond donors (Lipinski definition) is 2. The SMILES string of the molecule is CC(C)(Sc1ccc(Br)cc1)C(=O)NCC1CNC1. The Bertz CT molecular complexity index is 443. The molecule has 2 N–H and O–H groups in total. The van der Waals surface area contributed by atoms with Crippen molar-refractivity contribution in [3.8, 4) is 0 Å². The van der Waals surface area contributed by atoms with Crippen LogP contribution in [0, 0.1) is 5.92 Å². The molecule has 0 spiro atoms. The highest BCUT2D eigenvalue weighted by atomic mass is 79.9. The molecule has 0 bridgehead atoms. The van der Waals surface area contributed by atoms with Crippen LogP contribution in [0.25, 0.3) is 0 Å². The van der Waals surface area contributed by atoms with E-state index in [0.717, 1.165) is 29.0 Å². The van der Waals surface area contributed by atoms with Gasteiger partial charge in [-0.25, -0.2) is 0 Å². The molecule has 5 heteroatoms. The first-order valence-corrected chi connectivity index (χ1v) is 8.02. The maximum atomic E-state index is 12.2. The molecule has 0 saturated carbocycles. The minimum atomic E-state index is -0.453. The largest absolute Gasteiger partial charge is 0.355 e. The van der Waals surface area contributed by atoms with Crippen LogP contribution in [0.3, 0.4) is 0 Å². The van der Waals surface area contributed by atoms with Crippen molar-refractivity contribution in [2.75, 3.05) is 19.6 Å². The Morgan fingerprint density at radius 1 is 1.42 bits per heavy atom. The van der Waals surface area contributed by atoms with E-state index in [-0.39, 0.29) is 5.91 Å². The van der Waals surface area contributed by atoms with E-state index in [0.29, 0.717) is 5.92 Å². The fourth-order valence-corrected chi connectivity index (χ4v) is 3.08. The van der Waals surface area contributed by atoms with E-state index in [1.165, 1.54) is 0 Å². The summed E-state index contributed by atoms with van der Waals surface area (Å²) >= 11 is 5.01. The average molecular weight is 343 g/mol. The topological polar surface area (TPSA) is 41.1 Å². The predicted octanol–water partition coefficient (Wildman–Crippen LogP) is 2.66. The molecule has 1 fully saturated rings. The number of benzene rings is 1. The van der Waals surface area contributed by atoms with Crippen molar-refractivity contribution in [3.63, 3.8) is 0 Å². The van der Waals surface area contributed by atoms with Gasteiger partial charge in [-0.15, -0.1) is 11.8 Å². The van der Waals surface area contributed by atoms with Crippen LogP contribution in [0.15, 0.2) is 33.6 Å². The van der Waals surface area contributed by atoms with Crippen LogP contribution in [0.5, 0.6) is 0 Å². The fraction of sp³-hybridized carbons (Fsp3) is 0.500. The van der Waals surface area contributed by atoms with Crippen molar-refractivity contribution in [1.29, 1.82) is 0 Å². The van der Waals surface area contributed by atoms with Crippen molar-refractivity contribution >= 4 is 33.6 Å². The highest BCUT2D eigenvalue weighted by molar-refractivity contribution is 9.10. The monoisotopic (exact) mass is 342 g/mol. The molecule has 1 heterocycles. The molecule has 1 saturated heterocycles. The zero-order valence-corrected chi connectivity index (χ0v) is 13.6. The van der Waals surface area contributed by atoms with E-state index in [2.05, 4.69) is 26.6 Å². The molecule has 1 aromatic rings. The standard InChI is InChI=1S/C14H19BrN2OS/c1-14(2,13(18)17-9-10-7-16-8-10)19-12-5-3-11(15)4-6-12/h3-6,10,16H,7-9H2,1-2H3,(H,17,18). The number of halogens is 1. The summed E-state index contributed by atoms with van der Waals surface area (Å²) in [6, 6.07) is 8.05. The molecule has 0 unspecified atom stereocenters. The van der Waals surface area contributed by atoms with Gasteiger partial charge in [-0.1, -0.05) is 15.9 Å². The zero-order valence-electron chi connectivity index (χ0n) is 11.2. The molecule has 1 aliphatic rings. The summed E-state index contributed by atoms with van der Waals surface area (Å²) in [4.78, 5) is 13.3. The third-order valence-corrected chi connectivity index (χ3v) is 4.88. The summed E-state index contributed by atoms with van der Waals surface area (Å²) in [7, 11) is 0. The van der Waals surface area contributed by atoms with Crippen LogP contribution >= 0.6 is 27.7 Å². The maximum Gasteiger partial charge on any atom is 0.236 e. The summed E-state index contributed by atoms with van der Waals surface area (Å²) < 4.78 is 0.599. The molecule has 0 atom stereocenters. The number of hydrogen-bond acceptors (Lipinski definition) is 3. The van der Waals surface area contributed by atoms with Gasteiger partial charge in [0.1, 0.15) is 0 Å². The lowest BCUT2D eigenvalue weighted by molar-refractivity contribution is -0.122. The minimum Gasteiger partial charge on any atom is -0.355 e. The predicted molar refractivity (Wildman–Crippen MR) is 83.4 cm³/mol. The van der Waals surface area contributed by atoms with Crippen LogP contribution in [0.4, 0.5) is 0 Å². The van der Waals surface area contributed by atoms with E-state index in [4.69, 9.17) is 0 Å². The Morgan fingerprint density at radius 3 is 2.58 bits per heavy atom. The van der Waals surface area contributed by atoms with E-state index in [1.807, 2.05) is 38.1 Å². The Balaban J connectivity index is 1.88. The van der Waals surface area contributed by atoms with E-state index in [9.17, 15) is 4.79 Å². The summed E-state index contributed by atoms with van der Waals surface area (Å²) in [6.07, 6.45) is 0. The molecular formula is C14H19BrN2OS. The molecule has 0 aromatic heterocycles. The number of carbonyl (C=O) groups is 1. The van der Waals surface area contributed by atoms with E-state index < -0.39 is 4.75 Å². The van der Waals surface area contributed by atoms with Crippen molar-refractivity contribution in [3.05, 3.63) is 28.7 Å². The van der Waals surface area contributed by atoms with Crippen LogP contribution in [-0.2, 0) is 4.79 Å². The zero-order chi connectivity index (χ0) is 13.9. The number of carbonyl (C=O) groups excluding carboxylic acids is 1. The molecule has 0 aliphatic carbocycles. The molecule has 1 aliphatic heterocycles. The lowest BCUT2D eigenvalue weighted by atomic mass is 10.0. The van der Waals surface area contributed by atoms with E-state index >= 15 is 0 Å². The second kappa shape index (κ2) is 6.29. The highest BCUT2D eigenvalue weighted by Crippen LogP contribution is 2.33. The smallest absolute Gasteiger partial charge is 0.236 e. The van der Waals surface area contributed by atoms with Gasteiger partial charge in [0.15, 0.2) is 0 Å². The molecule has 2 rings (SSSR count). The third-order valence-electron chi connectivity index (χ3n) is 3.15. The number of thioether (sulfide) groups is 1. The summed E-state index contributed by atoms with van der Waals surface area (Å²) in [5, 5.41) is 6.26. The van der Waals surface area contributed by atoms with Crippen LogP contribution in [-0.4, -0.2) is 30.3 Å². The second-order valence-corrected chi connectivity index (χ2v) is 7.91. The van der Waals surface area contributed by atoms with Crippen LogP contribution in [0.1, 0.15) is 13.8 Å². The van der Waals surface area contributed by atoms with Gasteiger partial charge in [0.25, 0.3) is 0 Å². The van der Waals surface area contributed by atoms with Crippen molar-refractivity contribution in [2.24, 2.45) is 5.92 Å². The molecule has 104 valence electrons. The molecule has 1 aromatic carbocycles. The number of amides is 1. The van der Waals surface area contributed by atoms with E-state index in [1.54, 1.807) is 11.8 Å². The first-order valence-electron chi connectivity index (χ1n) is 6.41. The molecule has 0 radical (unpaired) electrons. The van der Waals surface area contributed by atoms with Crippen molar-refractivity contribution in [2.45, 2.75) is 23.5 Å². The van der Waals surface area contributed by atoms with Crippen LogP contribution in [0.2, 0.25) is 0 Å². The Kier molecular flexibility index (Phi) is 4.92. The van der Waals surface area contributed by atoms with Gasteiger partial charge in [-0.2, -0.15) is 0 Å². The van der Waals surface area contributed by atoms with Gasteiger partial charge < -0.3 is 10.6 Å². The van der Waals surface area contributed by atoms with Gasteiger partial charge >= 0.3 is 0 Å². The first kappa shape index (κ1) is 14.9. The first-order chi connectivity index (χ1) is 8.97. The third kappa shape index (κ3) is 4.23. The summed E-state index contributed by atoms with van der Waals surface area (Å²) in [5.74, 6) is 0.699. The minimum absolute atomic E-state index is 0.104. The quantitative estimate of drug-likeness (QED) is 0.808. The lowest BCUT2D eigenvalue weighted by Crippen LogP contribution is -2.50. The summed E-state index contributed by atoms with van der Waals surface area (Å²) in [6.45, 7) is 6.74. The Hall–Kier alpha value is -0.520. The number of rotatable bonds is 5. The van der Waals surface area contributed by atoms with Gasteiger partial charge in [0.2, 0.25) is 5.91 Å². The summed E-state index contributed by atoms with van der Waals surface area (Å²) in [5.41, 5.74) is 0. The normalized spacial score (nSPS) is 15.9. The average Bonchev–Trinajstić information content (AvgIpc) is 2.29. The fourth-order valence-electron chi connectivity index (χ4n) is 1.79. The molecule has 19 heavy (non-hydrogen) atoms. The van der Waals surface area contributed by atoms with Gasteiger partial charge in [-0.05, 0) is 38.1 Å². The molecular weight excluding hydrogens is 324 g/mol. The van der Waals surface area contributed by atoms with Gasteiger partial charge in [0, 0.05) is 34.9 Å². The Morgan fingerprint density at radius 2 is 2.05 bits per heavy atom. The number of nitrogens with one attached hydrogen (secondary N) is 2. The highest BCUT2D eigenvalue weighted by Gasteiger charge is 2.29. The Labute approximate surface area is 127 Å². The lowest BCUT2D eigenvalue weighted by Gasteiger charge is -2.29. The molecule has 3 nitrogen and oxygen atoms in total. The van der Waals surface area contributed by atoms with Gasteiger partial charge in [0.05, 0.1) is 4.75 Å². The van der Waals surface area contributed by atoms with Crippen molar-refractivity contribution < 1.29 is 4.79 Å². The second-order valence-electron chi connectivity index (χ2n) is 5.30. The van der Waals surface area contributed by atoms with Crippen molar-refractivity contribution in [1.82, 2.24) is 10.6 Å². The van der Waals surface area contributed by atoms with Crippen LogP contribution < -0.4 is 10.6 Å². The van der Waals surface area contributed by atoms with Gasteiger partial charge in [-0.3, -0.25) is 4.79 Å². The maximum absolute atomic E-state index is 12.2.